The van der Waals surface area contributed by atoms with Crippen LogP contribution in [0, 0.1) is 5.82 Å². The summed E-state index contributed by atoms with van der Waals surface area (Å²) < 4.78 is 19.1. The molecule has 0 amide bonds. The van der Waals surface area contributed by atoms with Crippen LogP contribution in [0.1, 0.15) is 0 Å². The van der Waals surface area contributed by atoms with Crippen LogP contribution in [0.5, 0.6) is 0 Å². The highest BCUT2D eigenvalue weighted by Gasteiger charge is 2.19. The van der Waals surface area contributed by atoms with Crippen LogP contribution >= 0.6 is 11.8 Å². The van der Waals surface area contributed by atoms with Gasteiger partial charge in [-0.3, -0.25) is 0 Å². The minimum Gasteiger partial charge on any atom is -0.367 e. The fourth-order valence-electron chi connectivity index (χ4n) is 2.17. The highest BCUT2D eigenvalue weighted by molar-refractivity contribution is 7.98. The lowest BCUT2D eigenvalue weighted by Crippen LogP contribution is -1.90. The zero-order valence-electron chi connectivity index (χ0n) is 11.3. The van der Waals surface area contributed by atoms with Gasteiger partial charge >= 0.3 is 0 Å². The van der Waals surface area contributed by atoms with E-state index in [4.69, 9.17) is 10.3 Å². The molecule has 1 aromatic heterocycles. The van der Waals surface area contributed by atoms with Gasteiger partial charge in [-0.05, 0) is 24.5 Å². The van der Waals surface area contributed by atoms with E-state index in [1.54, 1.807) is 30.0 Å². The quantitative estimate of drug-likeness (QED) is 0.726. The summed E-state index contributed by atoms with van der Waals surface area (Å²) in [5, 5.41) is 3.99. The second-order valence-electron chi connectivity index (χ2n) is 4.48. The van der Waals surface area contributed by atoms with Gasteiger partial charge in [-0.25, -0.2) is 4.39 Å². The third kappa shape index (κ3) is 2.52. The van der Waals surface area contributed by atoms with Gasteiger partial charge in [-0.1, -0.05) is 35.5 Å². The molecular formula is C16H13FN2OS. The topological polar surface area (TPSA) is 52.0 Å². The Hall–Kier alpha value is -2.27. The van der Waals surface area contributed by atoms with E-state index in [0.29, 0.717) is 16.8 Å². The average molecular weight is 300 g/mol. The molecule has 0 fully saturated rings. The maximum Gasteiger partial charge on any atom is 0.230 e. The van der Waals surface area contributed by atoms with Crippen molar-refractivity contribution in [3.8, 4) is 22.4 Å². The SMILES string of the molecule is CSc1ccc(-c2noc(N)c2-c2ccccc2F)cc1. The summed E-state index contributed by atoms with van der Waals surface area (Å²) in [6, 6.07) is 14.3. The summed E-state index contributed by atoms with van der Waals surface area (Å²) >= 11 is 1.65. The molecule has 0 radical (unpaired) electrons. The van der Waals surface area contributed by atoms with Crippen LogP contribution in [0.2, 0.25) is 0 Å². The van der Waals surface area contributed by atoms with Crippen molar-refractivity contribution in [3.05, 3.63) is 54.3 Å². The van der Waals surface area contributed by atoms with Crippen molar-refractivity contribution in [1.29, 1.82) is 0 Å². The Kier molecular flexibility index (Phi) is 3.66. The smallest absolute Gasteiger partial charge is 0.230 e. The molecule has 0 spiro atoms. The molecule has 0 aliphatic rings. The zero-order valence-corrected chi connectivity index (χ0v) is 12.2. The number of aromatic nitrogens is 1. The monoisotopic (exact) mass is 300 g/mol. The molecule has 2 N–H and O–H groups in total. The van der Waals surface area contributed by atoms with Gasteiger partial charge in [0.05, 0.1) is 5.56 Å². The second-order valence-corrected chi connectivity index (χ2v) is 5.36. The van der Waals surface area contributed by atoms with E-state index in [1.165, 1.54) is 6.07 Å². The number of nitrogen functional groups attached to an aromatic ring is 1. The van der Waals surface area contributed by atoms with Gasteiger partial charge in [0.15, 0.2) is 0 Å². The highest BCUT2D eigenvalue weighted by Crippen LogP contribution is 2.37. The summed E-state index contributed by atoms with van der Waals surface area (Å²) in [5.41, 5.74) is 8.10. The number of halogens is 1. The number of nitrogens with zero attached hydrogens (tertiary/aromatic N) is 1. The van der Waals surface area contributed by atoms with Gasteiger partial charge in [0.25, 0.3) is 0 Å². The van der Waals surface area contributed by atoms with E-state index >= 15 is 0 Å². The first-order valence-corrected chi connectivity index (χ1v) is 7.57. The fourth-order valence-corrected chi connectivity index (χ4v) is 2.58. The van der Waals surface area contributed by atoms with Crippen molar-refractivity contribution in [2.75, 3.05) is 12.0 Å². The number of hydrogen-bond acceptors (Lipinski definition) is 4. The molecule has 106 valence electrons. The second kappa shape index (κ2) is 5.61. The van der Waals surface area contributed by atoms with Crippen LogP contribution in [-0.4, -0.2) is 11.4 Å². The minimum absolute atomic E-state index is 0.115. The van der Waals surface area contributed by atoms with E-state index in [9.17, 15) is 4.39 Å². The predicted molar refractivity (Wildman–Crippen MR) is 83.5 cm³/mol. The lowest BCUT2D eigenvalue weighted by molar-refractivity contribution is 0.439. The van der Waals surface area contributed by atoms with Crippen molar-refractivity contribution in [2.45, 2.75) is 4.90 Å². The van der Waals surface area contributed by atoms with Gasteiger partial charge in [0.1, 0.15) is 11.5 Å². The molecule has 3 rings (SSSR count). The Morgan fingerprint density at radius 1 is 1.10 bits per heavy atom. The molecule has 0 saturated heterocycles. The third-order valence-corrected chi connectivity index (χ3v) is 3.97. The fraction of sp³-hybridized carbons (Fsp3) is 0.0625. The number of nitrogens with two attached hydrogens (primary N) is 1. The molecule has 0 unspecified atom stereocenters. The molecular weight excluding hydrogens is 287 g/mol. The van der Waals surface area contributed by atoms with Crippen molar-refractivity contribution in [2.24, 2.45) is 0 Å². The Morgan fingerprint density at radius 3 is 2.48 bits per heavy atom. The van der Waals surface area contributed by atoms with Gasteiger partial charge in [0, 0.05) is 16.0 Å². The van der Waals surface area contributed by atoms with E-state index < -0.39 is 0 Å². The summed E-state index contributed by atoms with van der Waals surface area (Å²) in [7, 11) is 0. The number of anilines is 1. The number of rotatable bonds is 3. The summed E-state index contributed by atoms with van der Waals surface area (Å²) in [6.45, 7) is 0. The van der Waals surface area contributed by atoms with Gasteiger partial charge in [-0.2, -0.15) is 0 Å². The maximum atomic E-state index is 14.0. The molecule has 0 saturated carbocycles. The van der Waals surface area contributed by atoms with Crippen molar-refractivity contribution in [3.63, 3.8) is 0 Å². The molecule has 5 heteroatoms. The number of hydrogen-bond donors (Lipinski definition) is 1. The van der Waals surface area contributed by atoms with Crippen molar-refractivity contribution >= 4 is 17.6 Å². The Morgan fingerprint density at radius 2 is 1.81 bits per heavy atom. The van der Waals surface area contributed by atoms with E-state index in [0.717, 1.165) is 10.5 Å². The Balaban J connectivity index is 2.15. The molecule has 3 aromatic rings. The van der Waals surface area contributed by atoms with Gasteiger partial charge in [0.2, 0.25) is 5.88 Å². The first-order chi connectivity index (χ1) is 10.2. The zero-order chi connectivity index (χ0) is 14.8. The van der Waals surface area contributed by atoms with Crippen LogP contribution in [0.15, 0.2) is 57.9 Å². The lowest BCUT2D eigenvalue weighted by atomic mass is 10.0. The van der Waals surface area contributed by atoms with E-state index in [1.807, 2.05) is 30.5 Å². The summed E-state index contributed by atoms with van der Waals surface area (Å²) in [6.07, 6.45) is 2.01. The van der Waals surface area contributed by atoms with Crippen LogP contribution in [0.4, 0.5) is 10.3 Å². The molecule has 0 bridgehead atoms. The Labute approximate surface area is 126 Å². The summed E-state index contributed by atoms with van der Waals surface area (Å²) in [4.78, 5) is 1.14. The highest BCUT2D eigenvalue weighted by atomic mass is 32.2. The lowest BCUT2D eigenvalue weighted by Gasteiger charge is -2.04. The minimum atomic E-state index is -0.352. The first-order valence-electron chi connectivity index (χ1n) is 6.35. The average Bonchev–Trinajstić information content (AvgIpc) is 2.89. The molecule has 21 heavy (non-hydrogen) atoms. The summed E-state index contributed by atoms with van der Waals surface area (Å²) in [5.74, 6) is -0.238. The largest absolute Gasteiger partial charge is 0.367 e. The molecule has 3 nitrogen and oxygen atoms in total. The maximum absolute atomic E-state index is 14.0. The van der Waals surface area contributed by atoms with Crippen LogP contribution in [0.25, 0.3) is 22.4 Å². The number of benzene rings is 2. The van der Waals surface area contributed by atoms with Crippen molar-refractivity contribution in [1.82, 2.24) is 5.16 Å². The van der Waals surface area contributed by atoms with Gasteiger partial charge < -0.3 is 10.3 Å². The molecule has 0 aliphatic heterocycles. The Bertz CT molecular complexity index is 768. The van der Waals surface area contributed by atoms with E-state index in [-0.39, 0.29) is 11.7 Å². The van der Waals surface area contributed by atoms with E-state index in [2.05, 4.69) is 5.16 Å². The molecule has 0 aliphatic carbocycles. The van der Waals surface area contributed by atoms with Gasteiger partial charge in [-0.15, -0.1) is 11.8 Å². The first kappa shape index (κ1) is 13.7. The van der Waals surface area contributed by atoms with Crippen molar-refractivity contribution < 1.29 is 8.91 Å². The standard InChI is InChI=1S/C16H13FN2OS/c1-21-11-8-6-10(7-9-11)15-14(16(18)20-19-15)12-4-2-3-5-13(12)17/h2-9H,18H2,1H3. The molecule has 0 atom stereocenters. The molecule has 2 aromatic carbocycles. The third-order valence-electron chi connectivity index (χ3n) is 3.23. The van der Waals surface area contributed by atoms with Crippen LogP contribution < -0.4 is 5.73 Å². The van der Waals surface area contributed by atoms with Crippen LogP contribution in [0.3, 0.4) is 0 Å². The predicted octanol–water partition coefficient (Wildman–Crippen LogP) is 4.45. The number of thioether (sulfide) groups is 1. The normalized spacial score (nSPS) is 10.8. The van der Waals surface area contributed by atoms with Crippen LogP contribution in [-0.2, 0) is 0 Å². The molecule has 1 heterocycles.